The fraction of sp³-hybridized carbons (Fsp3) is 0.227. The summed E-state index contributed by atoms with van der Waals surface area (Å²) < 4.78 is 7.42. The van der Waals surface area contributed by atoms with Gasteiger partial charge in [0.05, 0.1) is 30.6 Å². The van der Waals surface area contributed by atoms with Crippen molar-refractivity contribution in [2.24, 2.45) is 7.05 Å². The standard InChI is InChI=1S/C22H23N5O2S/c1-14(28)24-18-12-16(7-8-19(18)29-3)27-21(15-9-11-26(2)13-15)20(25-22(27)30)17-6-4-5-10-23-17/h4-13,20-21H,1-3H3,(H,24,28)(H,25,30)/t20-,21+/m0/s1. The van der Waals surface area contributed by atoms with E-state index in [1.807, 2.05) is 54.2 Å². The summed E-state index contributed by atoms with van der Waals surface area (Å²) in [5.74, 6) is 0.420. The molecular formula is C22H23N5O2S. The molecule has 0 bridgehead atoms. The highest BCUT2D eigenvalue weighted by Crippen LogP contribution is 2.43. The van der Waals surface area contributed by atoms with Gasteiger partial charge in [0, 0.05) is 38.2 Å². The predicted molar refractivity (Wildman–Crippen MR) is 121 cm³/mol. The van der Waals surface area contributed by atoms with E-state index in [-0.39, 0.29) is 18.0 Å². The van der Waals surface area contributed by atoms with Gasteiger partial charge in [-0.15, -0.1) is 0 Å². The van der Waals surface area contributed by atoms with Gasteiger partial charge in [-0.25, -0.2) is 0 Å². The molecule has 0 unspecified atom stereocenters. The Morgan fingerprint density at radius 1 is 1.27 bits per heavy atom. The van der Waals surface area contributed by atoms with Gasteiger partial charge in [0.2, 0.25) is 5.91 Å². The number of hydrogen-bond donors (Lipinski definition) is 2. The second kappa shape index (κ2) is 8.16. The van der Waals surface area contributed by atoms with E-state index in [9.17, 15) is 4.79 Å². The third kappa shape index (κ3) is 3.73. The largest absolute Gasteiger partial charge is 0.495 e. The van der Waals surface area contributed by atoms with Gasteiger partial charge in [-0.3, -0.25) is 9.78 Å². The highest BCUT2D eigenvalue weighted by Gasteiger charge is 2.41. The summed E-state index contributed by atoms with van der Waals surface area (Å²) in [5, 5.41) is 6.86. The molecular weight excluding hydrogens is 398 g/mol. The first-order valence-electron chi connectivity index (χ1n) is 9.56. The van der Waals surface area contributed by atoms with Gasteiger partial charge in [0.15, 0.2) is 5.11 Å². The molecule has 0 radical (unpaired) electrons. The number of benzene rings is 1. The zero-order valence-corrected chi connectivity index (χ0v) is 17.8. The van der Waals surface area contributed by atoms with E-state index in [4.69, 9.17) is 17.0 Å². The number of ether oxygens (including phenoxy) is 1. The van der Waals surface area contributed by atoms with Gasteiger partial charge < -0.3 is 24.8 Å². The fourth-order valence-corrected chi connectivity index (χ4v) is 4.15. The number of aromatic nitrogens is 2. The second-order valence-electron chi connectivity index (χ2n) is 7.17. The third-order valence-corrected chi connectivity index (χ3v) is 5.38. The van der Waals surface area contributed by atoms with E-state index >= 15 is 0 Å². The number of nitrogens with one attached hydrogen (secondary N) is 2. The van der Waals surface area contributed by atoms with Crippen molar-refractivity contribution in [2.75, 3.05) is 17.3 Å². The summed E-state index contributed by atoms with van der Waals surface area (Å²) in [6.07, 6.45) is 5.88. The van der Waals surface area contributed by atoms with Crippen molar-refractivity contribution in [1.82, 2.24) is 14.9 Å². The van der Waals surface area contributed by atoms with Crippen molar-refractivity contribution in [3.8, 4) is 5.75 Å². The number of anilines is 2. The van der Waals surface area contributed by atoms with Gasteiger partial charge in [-0.1, -0.05) is 6.07 Å². The van der Waals surface area contributed by atoms with Crippen LogP contribution in [0.2, 0.25) is 0 Å². The lowest BCUT2D eigenvalue weighted by molar-refractivity contribution is -0.114. The number of aryl methyl sites for hydroxylation is 1. The normalized spacial score (nSPS) is 18.2. The number of thiocarbonyl (C=S) groups is 1. The minimum atomic E-state index is -0.168. The Bertz CT molecular complexity index is 1080. The van der Waals surface area contributed by atoms with Crippen molar-refractivity contribution in [3.05, 3.63) is 72.3 Å². The van der Waals surface area contributed by atoms with Crippen LogP contribution in [0, 0.1) is 0 Å². The van der Waals surface area contributed by atoms with E-state index in [1.165, 1.54) is 6.92 Å². The molecule has 1 saturated heterocycles. The van der Waals surface area contributed by atoms with Gasteiger partial charge in [0.1, 0.15) is 5.75 Å². The summed E-state index contributed by atoms with van der Waals surface area (Å²) in [5.41, 5.74) is 3.46. The number of carbonyl (C=O) groups is 1. The van der Waals surface area contributed by atoms with Crippen LogP contribution in [0.1, 0.15) is 30.3 Å². The lowest BCUT2D eigenvalue weighted by Crippen LogP contribution is -2.29. The first-order valence-corrected chi connectivity index (χ1v) is 9.97. The van der Waals surface area contributed by atoms with Crippen LogP contribution in [0.15, 0.2) is 61.1 Å². The minimum absolute atomic E-state index is 0.104. The maximum Gasteiger partial charge on any atom is 0.221 e. The highest BCUT2D eigenvalue weighted by atomic mass is 32.1. The van der Waals surface area contributed by atoms with Crippen molar-refractivity contribution < 1.29 is 9.53 Å². The quantitative estimate of drug-likeness (QED) is 0.614. The first kappa shape index (κ1) is 19.9. The smallest absolute Gasteiger partial charge is 0.221 e. The molecule has 30 heavy (non-hydrogen) atoms. The Hall–Kier alpha value is -3.39. The van der Waals surface area contributed by atoms with E-state index in [0.717, 1.165) is 16.9 Å². The molecule has 1 aliphatic heterocycles. The summed E-state index contributed by atoms with van der Waals surface area (Å²) in [6, 6.07) is 13.4. The monoisotopic (exact) mass is 421 g/mol. The molecule has 3 heterocycles. The van der Waals surface area contributed by atoms with Gasteiger partial charge in [-0.2, -0.15) is 0 Å². The van der Waals surface area contributed by atoms with Crippen LogP contribution in [-0.4, -0.2) is 27.7 Å². The second-order valence-corrected chi connectivity index (χ2v) is 7.56. The number of carbonyl (C=O) groups excluding carboxylic acids is 1. The van der Waals surface area contributed by atoms with Crippen molar-refractivity contribution in [1.29, 1.82) is 0 Å². The van der Waals surface area contributed by atoms with Crippen LogP contribution in [0.5, 0.6) is 5.75 Å². The predicted octanol–water partition coefficient (Wildman–Crippen LogP) is 3.56. The summed E-state index contributed by atoms with van der Waals surface area (Å²) in [4.78, 5) is 18.3. The molecule has 0 saturated carbocycles. The number of amides is 1. The SMILES string of the molecule is COc1ccc(N2C(=S)N[C@@H](c3ccccn3)[C@H]2c2ccn(C)c2)cc1NC(C)=O. The van der Waals surface area contributed by atoms with Crippen LogP contribution >= 0.6 is 12.2 Å². The van der Waals surface area contributed by atoms with Crippen molar-refractivity contribution >= 4 is 34.6 Å². The molecule has 154 valence electrons. The molecule has 8 heteroatoms. The van der Waals surface area contributed by atoms with Crippen molar-refractivity contribution in [3.63, 3.8) is 0 Å². The zero-order chi connectivity index (χ0) is 21.3. The number of pyridine rings is 1. The average Bonchev–Trinajstić information content (AvgIpc) is 3.31. The molecule has 1 amide bonds. The Labute approximate surface area is 180 Å². The Balaban J connectivity index is 1.81. The minimum Gasteiger partial charge on any atom is -0.495 e. The molecule has 0 spiro atoms. The van der Waals surface area contributed by atoms with Crippen LogP contribution in [-0.2, 0) is 11.8 Å². The maximum atomic E-state index is 11.7. The molecule has 1 aliphatic rings. The van der Waals surface area contributed by atoms with E-state index in [0.29, 0.717) is 16.5 Å². The first-order chi connectivity index (χ1) is 14.5. The summed E-state index contributed by atoms with van der Waals surface area (Å²) in [7, 11) is 3.57. The Kier molecular flexibility index (Phi) is 5.41. The number of methoxy groups -OCH3 is 1. The van der Waals surface area contributed by atoms with Crippen molar-refractivity contribution in [2.45, 2.75) is 19.0 Å². The molecule has 1 fully saturated rings. The van der Waals surface area contributed by atoms with Gasteiger partial charge in [0.25, 0.3) is 0 Å². The third-order valence-electron chi connectivity index (χ3n) is 5.07. The van der Waals surface area contributed by atoms with Gasteiger partial charge >= 0.3 is 0 Å². The molecule has 0 aliphatic carbocycles. The topological polar surface area (TPSA) is 71.4 Å². The molecule has 1 aromatic carbocycles. The number of nitrogens with zero attached hydrogens (tertiary/aromatic N) is 3. The molecule has 2 N–H and O–H groups in total. The number of rotatable bonds is 5. The molecule has 4 rings (SSSR count). The number of hydrogen-bond acceptors (Lipinski definition) is 4. The molecule has 7 nitrogen and oxygen atoms in total. The van der Waals surface area contributed by atoms with E-state index < -0.39 is 0 Å². The Morgan fingerprint density at radius 2 is 2.10 bits per heavy atom. The highest BCUT2D eigenvalue weighted by molar-refractivity contribution is 7.80. The van der Waals surface area contributed by atoms with Crippen LogP contribution in [0.25, 0.3) is 0 Å². The average molecular weight is 422 g/mol. The lowest BCUT2D eigenvalue weighted by atomic mass is 9.98. The summed E-state index contributed by atoms with van der Waals surface area (Å²) in [6.45, 7) is 1.47. The maximum absolute atomic E-state index is 11.7. The zero-order valence-electron chi connectivity index (χ0n) is 17.0. The molecule has 3 aromatic rings. The van der Waals surface area contributed by atoms with Crippen LogP contribution < -0.4 is 20.3 Å². The summed E-state index contributed by atoms with van der Waals surface area (Å²) >= 11 is 5.74. The van der Waals surface area contributed by atoms with Crippen LogP contribution in [0.3, 0.4) is 0 Å². The Morgan fingerprint density at radius 3 is 2.73 bits per heavy atom. The van der Waals surface area contributed by atoms with E-state index in [2.05, 4.69) is 32.8 Å². The van der Waals surface area contributed by atoms with Crippen LogP contribution in [0.4, 0.5) is 11.4 Å². The molecule has 2 aromatic heterocycles. The van der Waals surface area contributed by atoms with E-state index in [1.54, 1.807) is 13.3 Å². The fourth-order valence-electron chi connectivity index (χ4n) is 3.80. The van der Waals surface area contributed by atoms with Gasteiger partial charge in [-0.05, 0) is 54.2 Å². The lowest BCUT2D eigenvalue weighted by Gasteiger charge is -2.28. The molecule has 2 atom stereocenters.